The van der Waals surface area contributed by atoms with Crippen LogP contribution in [0.2, 0.25) is 0 Å². The number of rotatable bonds is 2. The maximum absolute atomic E-state index is 11.9. The molecule has 86 valence electrons. The first-order valence-electron chi connectivity index (χ1n) is 3.77. The summed E-state index contributed by atoms with van der Waals surface area (Å²) in [6.45, 7) is 0. The number of methoxy groups -OCH3 is 1. The third-order valence-corrected chi connectivity index (χ3v) is 1.99. The van der Waals surface area contributed by atoms with Crippen molar-refractivity contribution in [3.63, 3.8) is 0 Å². The molecule has 0 spiro atoms. The molecule has 1 heterocycles. The van der Waals surface area contributed by atoms with Gasteiger partial charge in [-0.25, -0.2) is 4.98 Å². The quantitative estimate of drug-likeness (QED) is 0.787. The van der Waals surface area contributed by atoms with Crippen molar-refractivity contribution in [3.05, 3.63) is 16.2 Å². The van der Waals surface area contributed by atoms with Crippen LogP contribution in [0.15, 0.2) is 10.7 Å². The number of nitriles is 1. The molecule has 8 heteroatoms. The van der Waals surface area contributed by atoms with Crippen molar-refractivity contribution in [3.8, 4) is 17.7 Å². The lowest BCUT2D eigenvalue weighted by molar-refractivity contribution is -0.276. The Morgan fingerprint density at radius 3 is 2.56 bits per heavy atom. The largest absolute Gasteiger partial charge is 0.574 e. The lowest BCUT2D eigenvalue weighted by Gasteiger charge is -2.10. The van der Waals surface area contributed by atoms with E-state index >= 15 is 0 Å². The van der Waals surface area contributed by atoms with Crippen molar-refractivity contribution in [1.29, 1.82) is 5.26 Å². The van der Waals surface area contributed by atoms with Gasteiger partial charge in [-0.3, -0.25) is 0 Å². The zero-order valence-corrected chi connectivity index (χ0v) is 9.39. The van der Waals surface area contributed by atoms with Crippen LogP contribution in [-0.2, 0) is 0 Å². The van der Waals surface area contributed by atoms with Crippen molar-refractivity contribution < 1.29 is 22.6 Å². The molecule has 0 aromatic carbocycles. The number of halogens is 4. The van der Waals surface area contributed by atoms with E-state index in [9.17, 15) is 13.2 Å². The fourth-order valence-electron chi connectivity index (χ4n) is 0.928. The standard InChI is InChI=1S/C8H4BrF3N2O2/c1-15-6-4(3-13)2-5(14-7(6)9)16-8(10,11)12/h2H,1H3. The lowest BCUT2D eigenvalue weighted by Crippen LogP contribution is -2.18. The zero-order chi connectivity index (χ0) is 12.3. The van der Waals surface area contributed by atoms with Crippen molar-refractivity contribution in [2.75, 3.05) is 7.11 Å². The van der Waals surface area contributed by atoms with E-state index in [1.54, 1.807) is 6.07 Å². The Balaban J connectivity index is 3.17. The molecule has 0 N–H and O–H groups in total. The van der Waals surface area contributed by atoms with E-state index in [0.29, 0.717) is 0 Å². The van der Waals surface area contributed by atoms with Crippen LogP contribution in [0.5, 0.6) is 11.6 Å². The third kappa shape index (κ3) is 3.00. The summed E-state index contributed by atoms with van der Waals surface area (Å²) in [5.74, 6) is -0.672. The van der Waals surface area contributed by atoms with Gasteiger partial charge in [0.2, 0.25) is 5.88 Å². The van der Waals surface area contributed by atoms with Crippen LogP contribution in [0, 0.1) is 11.3 Å². The summed E-state index contributed by atoms with van der Waals surface area (Å²) in [4.78, 5) is 3.44. The van der Waals surface area contributed by atoms with E-state index in [1.807, 2.05) is 0 Å². The molecule has 0 radical (unpaired) electrons. The zero-order valence-electron chi connectivity index (χ0n) is 7.80. The number of hydrogen-bond acceptors (Lipinski definition) is 4. The van der Waals surface area contributed by atoms with Gasteiger partial charge in [-0.2, -0.15) is 5.26 Å². The van der Waals surface area contributed by atoms with E-state index in [-0.39, 0.29) is 15.9 Å². The summed E-state index contributed by atoms with van der Waals surface area (Å²) in [5, 5.41) is 8.68. The monoisotopic (exact) mass is 296 g/mol. The van der Waals surface area contributed by atoms with Crippen molar-refractivity contribution in [1.82, 2.24) is 4.98 Å². The Hall–Kier alpha value is -1.49. The van der Waals surface area contributed by atoms with E-state index in [1.165, 1.54) is 7.11 Å². The Bertz CT molecular complexity index is 442. The molecule has 1 aromatic heterocycles. The average molecular weight is 297 g/mol. The number of aromatic nitrogens is 1. The predicted molar refractivity (Wildman–Crippen MR) is 49.9 cm³/mol. The van der Waals surface area contributed by atoms with Crippen LogP contribution in [0.1, 0.15) is 5.56 Å². The first-order chi connectivity index (χ1) is 7.37. The van der Waals surface area contributed by atoms with Crippen LogP contribution in [0.3, 0.4) is 0 Å². The summed E-state index contributed by atoms with van der Waals surface area (Å²) in [5.41, 5.74) is -0.108. The molecule has 0 atom stereocenters. The van der Waals surface area contributed by atoms with E-state index in [4.69, 9.17) is 10.00 Å². The first kappa shape index (κ1) is 12.6. The second-order valence-electron chi connectivity index (χ2n) is 2.49. The predicted octanol–water partition coefficient (Wildman–Crippen LogP) is 2.62. The highest BCUT2D eigenvalue weighted by atomic mass is 79.9. The fraction of sp³-hybridized carbons (Fsp3) is 0.250. The molecule has 0 aliphatic carbocycles. The van der Waals surface area contributed by atoms with Gasteiger partial charge in [0.25, 0.3) is 0 Å². The van der Waals surface area contributed by atoms with Gasteiger partial charge in [0.05, 0.1) is 7.11 Å². The summed E-state index contributed by atoms with van der Waals surface area (Å²) in [6.07, 6.45) is -4.85. The second-order valence-corrected chi connectivity index (χ2v) is 3.24. The van der Waals surface area contributed by atoms with Gasteiger partial charge in [-0.1, -0.05) is 0 Å². The van der Waals surface area contributed by atoms with E-state index in [2.05, 4.69) is 25.7 Å². The molecule has 0 saturated carbocycles. The van der Waals surface area contributed by atoms with Crippen LogP contribution in [0.25, 0.3) is 0 Å². The number of hydrogen-bond donors (Lipinski definition) is 0. The van der Waals surface area contributed by atoms with Gasteiger partial charge >= 0.3 is 6.36 Å². The SMILES string of the molecule is COc1c(C#N)cc(OC(F)(F)F)nc1Br. The highest BCUT2D eigenvalue weighted by Gasteiger charge is 2.32. The Morgan fingerprint density at radius 2 is 2.12 bits per heavy atom. The topological polar surface area (TPSA) is 55.1 Å². The molecular weight excluding hydrogens is 293 g/mol. The summed E-state index contributed by atoms with van der Waals surface area (Å²) in [7, 11) is 1.27. The van der Waals surface area contributed by atoms with E-state index in [0.717, 1.165) is 6.07 Å². The summed E-state index contributed by atoms with van der Waals surface area (Å²) >= 11 is 2.87. The molecule has 0 unspecified atom stereocenters. The first-order valence-corrected chi connectivity index (χ1v) is 4.57. The number of alkyl halides is 3. The second kappa shape index (κ2) is 4.57. The molecule has 0 fully saturated rings. The highest BCUT2D eigenvalue weighted by Crippen LogP contribution is 2.31. The van der Waals surface area contributed by atoms with Gasteiger partial charge < -0.3 is 9.47 Å². The van der Waals surface area contributed by atoms with E-state index < -0.39 is 12.2 Å². The molecule has 1 aromatic rings. The fourth-order valence-corrected chi connectivity index (χ4v) is 1.48. The molecule has 0 bridgehead atoms. The molecule has 4 nitrogen and oxygen atoms in total. The Morgan fingerprint density at radius 1 is 1.50 bits per heavy atom. The lowest BCUT2D eigenvalue weighted by atomic mass is 10.3. The van der Waals surface area contributed by atoms with Gasteiger partial charge in [-0.05, 0) is 15.9 Å². The molecule has 1 rings (SSSR count). The Kier molecular flexibility index (Phi) is 3.59. The van der Waals surface area contributed by atoms with Crippen LogP contribution < -0.4 is 9.47 Å². The van der Waals surface area contributed by atoms with Crippen LogP contribution >= 0.6 is 15.9 Å². The summed E-state index contributed by atoms with van der Waals surface area (Å²) < 4.78 is 44.0. The molecule has 0 aliphatic rings. The van der Waals surface area contributed by atoms with Crippen molar-refractivity contribution in [2.24, 2.45) is 0 Å². The van der Waals surface area contributed by atoms with Gasteiger partial charge in [0.15, 0.2) is 10.4 Å². The van der Waals surface area contributed by atoms with Crippen molar-refractivity contribution in [2.45, 2.75) is 6.36 Å². The maximum Gasteiger partial charge on any atom is 0.574 e. The maximum atomic E-state index is 11.9. The molecule has 0 saturated heterocycles. The molecular formula is C8H4BrF3N2O2. The third-order valence-electron chi connectivity index (χ3n) is 1.45. The van der Waals surface area contributed by atoms with Gasteiger partial charge in [-0.15, -0.1) is 13.2 Å². The number of pyridine rings is 1. The number of ether oxygens (including phenoxy) is 2. The highest BCUT2D eigenvalue weighted by molar-refractivity contribution is 9.10. The van der Waals surface area contributed by atoms with Gasteiger partial charge in [0.1, 0.15) is 11.6 Å². The minimum Gasteiger partial charge on any atom is -0.493 e. The number of nitrogens with zero attached hydrogens (tertiary/aromatic N) is 2. The van der Waals surface area contributed by atoms with Crippen LogP contribution in [0.4, 0.5) is 13.2 Å². The smallest absolute Gasteiger partial charge is 0.493 e. The van der Waals surface area contributed by atoms with Crippen molar-refractivity contribution >= 4 is 15.9 Å². The Labute approximate surface area is 96.7 Å². The van der Waals surface area contributed by atoms with Crippen LogP contribution in [-0.4, -0.2) is 18.5 Å². The minimum atomic E-state index is -4.85. The molecule has 16 heavy (non-hydrogen) atoms. The average Bonchev–Trinajstić information content (AvgIpc) is 2.14. The molecule has 0 amide bonds. The summed E-state index contributed by atoms with van der Waals surface area (Å²) in [6, 6.07) is 2.52. The van der Waals surface area contributed by atoms with Gasteiger partial charge in [0, 0.05) is 6.07 Å². The minimum absolute atomic E-state index is 0.0340. The normalized spacial score (nSPS) is 10.8. The molecule has 0 aliphatic heterocycles.